The van der Waals surface area contributed by atoms with Gasteiger partial charge in [0.15, 0.2) is 0 Å². The number of carbonyl (C=O) groups is 2. The minimum absolute atomic E-state index is 0. The molecule has 1 unspecified atom stereocenters. The fraction of sp³-hybridized carbons (Fsp3) is 0.846. The quantitative estimate of drug-likeness (QED) is 0.771. The molecular weight excluding hydrogens is 314 g/mol. The first-order chi connectivity index (χ1) is 9.66. The van der Waals surface area contributed by atoms with Crippen molar-refractivity contribution in [1.82, 2.24) is 15.1 Å². The number of amides is 2. The number of piperazine rings is 1. The van der Waals surface area contributed by atoms with E-state index in [1.165, 1.54) is 11.8 Å². The molecule has 0 radical (unpaired) electrons. The zero-order chi connectivity index (χ0) is 14.4. The summed E-state index contributed by atoms with van der Waals surface area (Å²) in [5, 5.41) is 3.31. The van der Waals surface area contributed by atoms with Gasteiger partial charge in [-0.2, -0.15) is 0 Å². The van der Waals surface area contributed by atoms with Gasteiger partial charge in [0.25, 0.3) is 0 Å². The molecule has 122 valence electrons. The Kier molecular flexibility index (Phi) is 8.39. The second-order valence-electron chi connectivity index (χ2n) is 5.18. The molecule has 1 atom stereocenters. The van der Waals surface area contributed by atoms with E-state index in [9.17, 15) is 9.59 Å². The number of nitrogens with zero attached hydrogens (tertiary/aromatic N) is 2. The lowest BCUT2D eigenvalue weighted by Crippen LogP contribution is -2.51. The summed E-state index contributed by atoms with van der Waals surface area (Å²) < 4.78 is 5.21. The van der Waals surface area contributed by atoms with Crippen molar-refractivity contribution in [2.24, 2.45) is 0 Å². The highest BCUT2D eigenvalue weighted by atomic mass is 35.5. The Morgan fingerprint density at radius 1 is 1.14 bits per heavy atom. The molecule has 21 heavy (non-hydrogen) atoms. The molecule has 2 amide bonds. The lowest BCUT2D eigenvalue weighted by Gasteiger charge is -2.32. The van der Waals surface area contributed by atoms with Gasteiger partial charge in [-0.05, 0) is 6.92 Å². The van der Waals surface area contributed by atoms with Gasteiger partial charge < -0.3 is 19.9 Å². The van der Waals surface area contributed by atoms with E-state index >= 15 is 0 Å². The van der Waals surface area contributed by atoms with Crippen LogP contribution in [0.3, 0.4) is 0 Å². The number of morpholine rings is 1. The molecule has 0 aromatic rings. The summed E-state index contributed by atoms with van der Waals surface area (Å²) in [4.78, 5) is 27.7. The van der Waals surface area contributed by atoms with Crippen molar-refractivity contribution in [3.63, 3.8) is 0 Å². The SMILES string of the molecule is CC1CN(C(=O)CSCC(=O)N2CCOCC2)CCN1.Cl. The van der Waals surface area contributed by atoms with Gasteiger partial charge in [0.1, 0.15) is 0 Å². The van der Waals surface area contributed by atoms with Crippen LogP contribution >= 0.6 is 24.2 Å². The van der Waals surface area contributed by atoms with Crippen LogP contribution in [0.5, 0.6) is 0 Å². The normalized spacial score (nSPS) is 22.6. The summed E-state index contributed by atoms with van der Waals surface area (Å²) in [5.41, 5.74) is 0. The smallest absolute Gasteiger partial charge is 0.232 e. The Balaban J connectivity index is 0.00000220. The lowest BCUT2D eigenvalue weighted by atomic mass is 10.2. The molecule has 2 heterocycles. The van der Waals surface area contributed by atoms with E-state index in [0.717, 1.165) is 19.6 Å². The Bertz CT molecular complexity index is 354. The van der Waals surface area contributed by atoms with E-state index in [4.69, 9.17) is 4.74 Å². The molecule has 2 fully saturated rings. The van der Waals surface area contributed by atoms with E-state index in [1.807, 2.05) is 9.80 Å². The predicted octanol–water partition coefficient (Wildman–Crippen LogP) is -0.179. The van der Waals surface area contributed by atoms with Crippen molar-refractivity contribution in [2.45, 2.75) is 13.0 Å². The van der Waals surface area contributed by atoms with Crippen LogP contribution < -0.4 is 5.32 Å². The van der Waals surface area contributed by atoms with Crippen molar-refractivity contribution >= 4 is 36.0 Å². The van der Waals surface area contributed by atoms with Gasteiger partial charge in [0, 0.05) is 38.8 Å². The molecule has 2 saturated heterocycles. The zero-order valence-corrected chi connectivity index (χ0v) is 14.0. The second kappa shape index (κ2) is 9.50. The summed E-state index contributed by atoms with van der Waals surface area (Å²) in [6.07, 6.45) is 0. The summed E-state index contributed by atoms with van der Waals surface area (Å²) in [6, 6.07) is 0.354. The van der Waals surface area contributed by atoms with Crippen LogP contribution in [0, 0.1) is 0 Å². The third kappa shape index (κ3) is 6.02. The van der Waals surface area contributed by atoms with Gasteiger partial charge in [-0.25, -0.2) is 0 Å². The molecule has 0 aromatic carbocycles. The van der Waals surface area contributed by atoms with Crippen LogP contribution in [0.2, 0.25) is 0 Å². The van der Waals surface area contributed by atoms with Gasteiger partial charge >= 0.3 is 0 Å². The first kappa shape index (κ1) is 18.5. The van der Waals surface area contributed by atoms with E-state index in [1.54, 1.807) is 0 Å². The average Bonchev–Trinajstić information content (AvgIpc) is 2.48. The third-order valence-corrected chi connectivity index (χ3v) is 4.44. The highest BCUT2D eigenvalue weighted by Gasteiger charge is 2.21. The van der Waals surface area contributed by atoms with E-state index in [0.29, 0.717) is 43.9 Å². The zero-order valence-electron chi connectivity index (χ0n) is 12.4. The highest BCUT2D eigenvalue weighted by Crippen LogP contribution is 2.08. The van der Waals surface area contributed by atoms with Crippen molar-refractivity contribution in [3.8, 4) is 0 Å². The van der Waals surface area contributed by atoms with E-state index in [-0.39, 0.29) is 24.2 Å². The molecule has 0 aromatic heterocycles. The average molecular weight is 338 g/mol. The molecule has 2 aliphatic rings. The number of thioether (sulfide) groups is 1. The van der Waals surface area contributed by atoms with Gasteiger partial charge in [0.05, 0.1) is 24.7 Å². The molecule has 6 nitrogen and oxygen atoms in total. The number of nitrogens with one attached hydrogen (secondary N) is 1. The monoisotopic (exact) mass is 337 g/mol. The molecule has 2 aliphatic heterocycles. The van der Waals surface area contributed by atoms with Gasteiger partial charge in [-0.1, -0.05) is 0 Å². The van der Waals surface area contributed by atoms with Crippen molar-refractivity contribution in [3.05, 3.63) is 0 Å². The molecule has 0 spiro atoms. The number of hydrogen-bond donors (Lipinski definition) is 1. The number of carbonyl (C=O) groups excluding carboxylic acids is 2. The summed E-state index contributed by atoms with van der Waals surface area (Å²) in [5.74, 6) is 1.02. The number of halogens is 1. The first-order valence-electron chi connectivity index (χ1n) is 7.11. The molecule has 0 saturated carbocycles. The van der Waals surface area contributed by atoms with Crippen LogP contribution in [-0.4, -0.2) is 85.1 Å². The minimum Gasteiger partial charge on any atom is -0.378 e. The van der Waals surface area contributed by atoms with Crippen molar-refractivity contribution in [1.29, 1.82) is 0 Å². The molecule has 8 heteroatoms. The van der Waals surface area contributed by atoms with Crippen LogP contribution in [0.1, 0.15) is 6.92 Å². The topological polar surface area (TPSA) is 61.9 Å². The fourth-order valence-electron chi connectivity index (χ4n) is 2.38. The number of rotatable bonds is 4. The Labute approximate surface area is 136 Å². The van der Waals surface area contributed by atoms with Gasteiger partial charge in [0.2, 0.25) is 11.8 Å². The maximum atomic E-state index is 12.0. The maximum Gasteiger partial charge on any atom is 0.232 e. The molecule has 0 aliphatic carbocycles. The maximum absolute atomic E-state index is 12.0. The largest absolute Gasteiger partial charge is 0.378 e. The van der Waals surface area contributed by atoms with Crippen LogP contribution in [0.4, 0.5) is 0 Å². The Morgan fingerprint density at radius 3 is 2.38 bits per heavy atom. The highest BCUT2D eigenvalue weighted by molar-refractivity contribution is 8.00. The molecule has 0 bridgehead atoms. The predicted molar refractivity (Wildman–Crippen MR) is 86.0 cm³/mol. The van der Waals surface area contributed by atoms with E-state index in [2.05, 4.69) is 12.2 Å². The van der Waals surface area contributed by atoms with Crippen LogP contribution in [0.25, 0.3) is 0 Å². The molecule has 2 rings (SSSR count). The summed E-state index contributed by atoms with van der Waals surface area (Å²) in [6.45, 7) is 7.03. The minimum atomic E-state index is 0. The number of ether oxygens (including phenoxy) is 1. The molecular formula is C13H24ClN3O3S. The standard InChI is InChI=1S/C13H23N3O3S.ClH/c1-11-8-16(3-2-14-11)13(18)10-20-9-12(17)15-4-6-19-7-5-15;/h11,14H,2-10H2,1H3;1H. The fourth-order valence-corrected chi connectivity index (χ4v) is 3.20. The Hall–Kier alpha value is -0.500. The third-order valence-electron chi connectivity index (χ3n) is 3.54. The van der Waals surface area contributed by atoms with Gasteiger partial charge in [-0.15, -0.1) is 24.2 Å². The summed E-state index contributed by atoms with van der Waals surface area (Å²) >= 11 is 1.41. The Morgan fingerprint density at radius 2 is 1.76 bits per heavy atom. The van der Waals surface area contributed by atoms with E-state index < -0.39 is 0 Å². The molecule has 1 N–H and O–H groups in total. The van der Waals surface area contributed by atoms with Crippen LogP contribution in [0.15, 0.2) is 0 Å². The summed E-state index contributed by atoms with van der Waals surface area (Å²) in [7, 11) is 0. The second-order valence-corrected chi connectivity index (χ2v) is 6.17. The van der Waals surface area contributed by atoms with Gasteiger partial charge in [-0.3, -0.25) is 9.59 Å². The van der Waals surface area contributed by atoms with Crippen molar-refractivity contribution < 1.29 is 14.3 Å². The van der Waals surface area contributed by atoms with Crippen molar-refractivity contribution in [2.75, 3.05) is 57.4 Å². The number of hydrogen-bond acceptors (Lipinski definition) is 5. The van der Waals surface area contributed by atoms with Crippen LogP contribution in [-0.2, 0) is 14.3 Å². The first-order valence-corrected chi connectivity index (χ1v) is 8.26. The lowest BCUT2D eigenvalue weighted by molar-refractivity contribution is -0.132.